The van der Waals surface area contributed by atoms with Crippen molar-refractivity contribution in [2.45, 2.75) is 45.3 Å². The van der Waals surface area contributed by atoms with Crippen LogP contribution in [-0.4, -0.2) is 19.8 Å². The molecule has 2 atom stereocenters. The van der Waals surface area contributed by atoms with E-state index in [0.29, 0.717) is 12.1 Å². The van der Waals surface area contributed by atoms with Crippen molar-refractivity contribution >= 4 is 0 Å². The Balaban J connectivity index is 2.13. The van der Waals surface area contributed by atoms with Crippen molar-refractivity contribution in [3.8, 4) is 0 Å². The van der Waals surface area contributed by atoms with Crippen molar-refractivity contribution in [1.29, 1.82) is 0 Å². The molecule has 1 fully saturated rings. The Kier molecular flexibility index (Phi) is 4.19. The molecule has 0 amide bonds. The summed E-state index contributed by atoms with van der Waals surface area (Å²) >= 11 is 0. The van der Waals surface area contributed by atoms with E-state index in [9.17, 15) is 0 Å². The average molecular weight is 233 g/mol. The highest BCUT2D eigenvalue weighted by Crippen LogP contribution is 2.27. The van der Waals surface area contributed by atoms with Crippen LogP contribution in [0.2, 0.25) is 0 Å². The van der Waals surface area contributed by atoms with Gasteiger partial charge in [-0.2, -0.15) is 0 Å². The predicted molar refractivity (Wildman–Crippen MR) is 71.3 cm³/mol. The van der Waals surface area contributed by atoms with Crippen LogP contribution in [0, 0.1) is 13.8 Å². The van der Waals surface area contributed by atoms with Crippen molar-refractivity contribution < 1.29 is 4.74 Å². The van der Waals surface area contributed by atoms with Gasteiger partial charge in [-0.1, -0.05) is 18.2 Å². The maximum absolute atomic E-state index is 5.74. The molecule has 94 valence electrons. The molecule has 0 radical (unpaired) electrons. The standard InChI is InChI=1S/C15H23NO/c1-11-6-4-8-14(12(11)2)15(16-3)10-13-7-5-9-17-13/h4,6,8,13,15-16H,5,7,9-10H2,1-3H3. The lowest BCUT2D eigenvalue weighted by atomic mass is 9.93. The highest BCUT2D eigenvalue weighted by atomic mass is 16.5. The second-order valence-electron chi connectivity index (χ2n) is 5.00. The van der Waals surface area contributed by atoms with E-state index >= 15 is 0 Å². The van der Waals surface area contributed by atoms with E-state index < -0.39 is 0 Å². The third kappa shape index (κ3) is 2.88. The number of hydrogen-bond acceptors (Lipinski definition) is 2. The third-order valence-corrected chi connectivity index (χ3v) is 3.89. The molecule has 1 aromatic carbocycles. The van der Waals surface area contributed by atoms with E-state index in [1.807, 2.05) is 7.05 Å². The van der Waals surface area contributed by atoms with Gasteiger partial charge in [0.2, 0.25) is 0 Å². The minimum absolute atomic E-state index is 0.415. The van der Waals surface area contributed by atoms with Gasteiger partial charge < -0.3 is 10.1 Å². The summed E-state index contributed by atoms with van der Waals surface area (Å²) in [5.41, 5.74) is 4.20. The van der Waals surface area contributed by atoms with E-state index in [1.165, 1.54) is 29.5 Å². The van der Waals surface area contributed by atoms with E-state index in [2.05, 4.69) is 37.4 Å². The molecule has 2 unspecified atom stereocenters. The zero-order chi connectivity index (χ0) is 12.3. The van der Waals surface area contributed by atoms with E-state index in [0.717, 1.165) is 13.0 Å². The van der Waals surface area contributed by atoms with Gasteiger partial charge in [0.25, 0.3) is 0 Å². The van der Waals surface area contributed by atoms with Crippen LogP contribution in [0.15, 0.2) is 18.2 Å². The summed E-state index contributed by atoms with van der Waals surface area (Å²) in [4.78, 5) is 0. The smallest absolute Gasteiger partial charge is 0.0594 e. The highest BCUT2D eigenvalue weighted by molar-refractivity contribution is 5.35. The molecule has 1 saturated heterocycles. The Hall–Kier alpha value is -0.860. The van der Waals surface area contributed by atoms with Crippen LogP contribution in [0.25, 0.3) is 0 Å². The number of rotatable bonds is 4. The summed E-state index contributed by atoms with van der Waals surface area (Å²) in [5, 5.41) is 3.43. The monoisotopic (exact) mass is 233 g/mol. The zero-order valence-electron chi connectivity index (χ0n) is 11.1. The Morgan fingerprint density at radius 2 is 2.24 bits per heavy atom. The van der Waals surface area contributed by atoms with Gasteiger partial charge in [0.15, 0.2) is 0 Å². The van der Waals surface area contributed by atoms with E-state index in [1.54, 1.807) is 0 Å². The molecule has 2 heteroatoms. The number of hydrogen-bond donors (Lipinski definition) is 1. The van der Waals surface area contributed by atoms with Gasteiger partial charge in [0.05, 0.1) is 6.10 Å². The zero-order valence-corrected chi connectivity index (χ0v) is 11.1. The summed E-state index contributed by atoms with van der Waals surface area (Å²) in [5.74, 6) is 0. The van der Waals surface area contributed by atoms with Crippen LogP contribution in [0.5, 0.6) is 0 Å². The van der Waals surface area contributed by atoms with E-state index in [4.69, 9.17) is 4.74 Å². The van der Waals surface area contributed by atoms with Crippen molar-refractivity contribution in [2.75, 3.05) is 13.7 Å². The van der Waals surface area contributed by atoms with Crippen LogP contribution in [0.3, 0.4) is 0 Å². The lowest BCUT2D eigenvalue weighted by Crippen LogP contribution is -2.23. The maximum atomic E-state index is 5.74. The fourth-order valence-electron chi connectivity index (χ4n) is 2.64. The minimum Gasteiger partial charge on any atom is -0.378 e. The first-order valence-corrected chi connectivity index (χ1v) is 6.57. The molecule has 0 bridgehead atoms. The number of aryl methyl sites for hydroxylation is 1. The molecule has 17 heavy (non-hydrogen) atoms. The van der Waals surface area contributed by atoms with Crippen LogP contribution >= 0.6 is 0 Å². The van der Waals surface area contributed by atoms with Gasteiger partial charge in [-0.25, -0.2) is 0 Å². The van der Waals surface area contributed by atoms with Crippen molar-refractivity contribution in [3.63, 3.8) is 0 Å². The van der Waals surface area contributed by atoms with Crippen molar-refractivity contribution in [3.05, 3.63) is 34.9 Å². The SMILES string of the molecule is CNC(CC1CCCO1)c1cccc(C)c1C. The quantitative estimate of drug-likeness (QED) is 0.862. The van der Waals surface area contributed by atoms with Crippen molar-refractivity contribution in [2.24, 2.45) is 0 Å². The second-order valence-corrected chi connectivity index (χ2v) is 5.00. The van der Waals surface area contributed by atoms with Crippen LogP contribution in [0.4, 0.5) is 0 Å². The fraction of sp³-hybridized carbons (Fsp3) is 0.600. The van der Waals surface area contributed by atoms with Crippen LogP contribution in [-0.2, 0) is 4.74 Å². The number of benzene rings is 1. The minimum atomic E-state index is 0.415. The highest BCUT2D eigenvalue weighted by Gasteiger charge is 2.22. The molecule has 1 aliphatic heterocycles. The summed E-state index contributed by atoms with van der Waals surface area (Å²) < 4.78 is 5.74. The molecular weight excluding hydrogens is 210 g/mol. The first kappa shape index (κ1) is 12.6. The molecule has 1 aromatic rings. The normalized spacial score (nSPS) is 21.7. The first-order chi connectivity index (χ1) is 8.22. The van der Waals surface area contributed by atoms with Gasteiger partial charge in [0, 0.05) is 12.6 Å². The second kappa shape index (κ2) is 5.65. The topological polar surface area (TPSA) is 21.3 Å². The lowest BCUT2D eigenvalue weighted by Gasteiger charge is -2.22. The molecule has 1 N–H and O–H groups in total. The molecule has 1 aliphatic rings. The summed E-state index contributed by atoms with van der Waals surface area (Å²) in [7, 11) is 2.04. The van der Waals surface area contributed by atoms with Gasteiger partial charge >= 0.3 is 0 Å². The summed E-state index contributed by atoms with van der Waals surface area (Å²) in [6.45, 7) is 5.33. The maximum Gasteiger partial charge on any atom is 0.0594 e. The van der Waals surface area contributed by atoms with Gasteiger partial charge in [0.1, 0.15) is 0 Å². The Labute approximate surface area is 104 Å². The fourth-order valence-corrected chi connectivity index (χ4v) is 2.64. The summed E-state index contributed by atoms with van der Waals surface area (Å²) in [6, 6.07) is 6.98. The molecular formula is C15H23NO. The lowest BCUT2D eigenvalue weighted by molar-refractivity contribution is 0.0953. The first-order valence-electron chi connectivity index (χ1n) is 6.57. The van der Waals surface area contributed by atoms with Crippen molar-refractivity contribution in [1.82, 2.24) is 5.32 Å². The average Bonchev–Trinajstić information content (AvgIpc) is 2.83. The molecule has 0 spiro atoms. The van der Waals surface area contributed by atoms with Crippen LogP contribution in [0.1, 0.15) is 42.0 Å². The Morgan fingerprint density at radius 3 is 2.88 bits per heavy atom. The summed E-state index contributed by atoms with van der Waals surface area (Å²) in [6.07, 6.45) is 3.95. The number of nitrogens with one attached hydrogen (secondary N) is 1. The largest absolute Gasteiger partial charge is 0.378 e. The third-order valence-electron chi connectivity index (χ3n) is 3.89. The van der Waals surface area contributed by atoms with Gasteiger partial charge in [-0.05, 0) is 56.8 Å². The molecule has 0 aliphatic carbocycles. The molecule has 1 heterocycles. The number of ether oxygens (including phenoxy) is 1. The Morgan fingerprint density at radius 1 is 1.41 bits per heavy atom. The van der Waals surface area contributed by atoms with E-state index in [-0.39, 0.29) is 0 Å². The predicted octanol–water partition coefficient (Wildman–Crippen LogP) is 3.13. The Bertz CT molecular complexity index is 369. The molecule has 2 rings (SSSR count). The van der Waals surface area contributed by atoms with Gasteiger partial charge in [-0.3, -0.25) is 0 Å². The molecule has 0 saturated carbocycles. The van der Waals surface area contributed by atoms with Gasteiger partial charge in [-0.15, -0.1) is 0 Å². The molecule has 0 aromatic heterocycles. The molecule has 2 nitrogen and oxygen atoms in total. The van der Waals surface area contributed by atoms with Crippen LogP contribution < -0.4 is 5.32 Å².